The summed E-state index contributed by atoms with van der Waals surface area (Å²) < 4.78 is 17.0. The van der Waals surface area contributed by atoms with Gasteiger partial charge in [-0.05, 0) is 38.5 Å². The van der Waals surface area contributed by atoms with Crippen LogP contribution in [0.4, 0.5) is 0 Å². The minimum Gasteiger partial charge on any atom is -0.494 e. The molecule has 2 N–H and O–H groups in total. The summed E-state index contributed by atoms with van der Waals surface area (Å²) in [6.45, 7) is 6.42. The maximum absolute atomic E-state index is 10.8. The van der Waals surface area contributed by atoms with Gasteiger partial charge in [-0.2, -0.15) is 5.26 Å². The van der Waals surface area contributed by atoms with E-state index < -0.39 is 17.7 Å². The maximum Gasteiger partial charge on any atom is 0.137 e. The topological polar surface area (TPSA) is 101 Å². The normalized spacial score (nSPS) is 20.2. The highest BCUT2D eigenvalue weighted by Gasteiger charge is 2.42. The summed E-state index contributed by atoms with van der Waals surface area (Å²) in [7, 11) is 0. The summed E-state index contributed by atoms with van der Waals surface area (Å²) in [5.41, 5.74) is 0.362. The Balaban J connectivity index is 2.26. The third-order valence-electron chi connectivity index (χ3n) is 4.32. The lowest BCUT2D eigenvalue weighted by atomic mass is 9.86. The molecule has 150 valence electrons. The molecule has 7 heteroatoms. The summed E-state index contributed by atoms with van der Waals surface area (Å²) in [5, 5.41) is 23.2. The number of ether oxygens (including phenoxy) is 3. The highest BCUT2D eigenvalue weighted by Crippen LogP contribution is 2.40. The fourth-order valence-corrected chi connectivity index (χ4v) is 2.84. The molecule has 0 amide bonds. The molecule has 0 saturated carbocycles. The van der Waals surface area contributed by atoms with Crippen LogP contribution in [-0.4, -0.2) is 42.6 Å². The van der Waals surface area contributed by atoms with Crippen molar-refractivity contribution in [2.45, 2.75) is 44.9 Å². The zero-order valence-corrected chi connectivity index (χ0v) is 16.4. The number of nitrogens with zero attached hydrogens (tertiary/aromatic N) is 1. The first-order chi connectivity index (χ1) is 13.4. The largest absolute Gasteiger partial charge is 0.494 e. The number of benzene rings is 1. The van der Waals surface area contributed by atoms with Crippen LogP contribution in [0.2, 0.25) is 0 Å². The monoisotopic (exact) mass is 386 g/mol. The standard InChI is InChI=1S/C21H26N2O5/c1-4-9-27-16(14-26-10-5-8-24)13-23-19-17-11-15(12-22)6-7-18(17)28-21(2,3)20(19)25/h5-7,11,13,19-20,23,25H,4,9-10,14H2,1-3H3/b16-13+/t19-,20+/m1/s1. The lowest BCUT2D eigenvalue weighted by Crippen LogP contribution is -2.51. The van der Waals surface area contributed by atoms with Crippen LogP contribution in [0.3, 0.4) is 0 Å². The second-order valence-corrected chi connectivity index (χ2v) is 6.96. The van der Waals surface area contributed by atoms with Crippen molar-refractivity contribution in [1.29, 1.82) is 5.26 Å². The zero-order valence-electron chi connectivity index (χ0n) is 16.4. The van der Waals surface area contributed by atoms with E-state index in [2.05, 4.69) is 11.4 Å². The molecule has 1 aromatic carbocycles. The Bertz CT molecular complexity index is 790. The van der Waals surface area contributed by atoms with Gasteiger partial charge in [-0.25, -0.2) is 4.79 Å². The van der Waals surface area contributed by atoms with Crippen molar-refractivity contribution in [1.82, 2.24) is 5.32 Å². The Hall–Kier alpha value is -2.78. The first-order valence-corrected chi connectivity index (χ1v) is 9.19. The fourth-order valence-electron chi connectivity index (χ4n) is 2.84. The molecule has 0 fully saturated rings. The van der Waals surface area contributed by atoms with Crippen molar-refractivity contribution < 1.29 is 24.1 Å². The van der Waals surface area contributed by atoms with Crippen molar-refractivity contribution >= 4 is 5.94 Å². The van der Waals surface area contributed by atoms with Crippen LogP contribution in [-0.2, 0) is 14.3 Å². The van der Waals surface area contributed by atoms with Crippen LogP contribution in [0, 0.1) is 11.3 Å². The average Bonchev–Trinajstić information content (AvgIpc) is 2.68. The number of hydrogen-bond acceptors (Lipinski definition) is 7. The lowest BCUT2D eigenvalue weighted by molar-refractivity contribution is -0.0623. The van der Waals surface area contributed by atoms with Crippen molar-refractivity contribution in [3.05, 3.63) is 47.4 Å². The number of rotatable bonds is 9. The smallest absolute Gasteiger partial charge is 0.137 e. The Kier molecular flexibility index (Phi) is 7.65. The van der Waals surface area contributed by atoms with Crippen LogP contribution in [0.1, 0.15) is 44.4 Å². The molecule has 1 heterocycles. The predicted octanol–water partition coefficient (Wildman–Crippen LogP) is 2.39. The van der Waals surface area contributed by atoms with Crippen LogP contribution in [0.5, 0.6) is 5.75 Å². The Morgan fingerprint density at radius 3 is 2.93 bits per heavy atom. The van der Waals surface area contributed by atoms with E-state index in [0.717, 1.165) is 6.42 Å². The number of aliphatic hydroxyl groups excluding tert-OH is 1. The van der Waals surface area contributed by atoms with Crippen LogP contribution < -0.4 is 10.1 Å². The molecule has 2 rings (SSSR count). The molecule has 0 spiro atoms. The van der Waals surface area contributed by atoms with Gasteiger partial charge in [-0.15, -0.1) is 0 Å². The summed E-state index contributed by atoms with van der Waals surface area (Å²) in [4.78, 5) is 10.2. The molecule has 0 bridgehead atoms. The highest BCUT2D eigenvalue weighted by molar-refractivity contribution is 5.46. The molecule has 0 saturated heterocycles. The second kappa shape index (κ2) is 9.95. The van der Waals surface area contributed by atoms with Gasteiger partial charge in [0, 0.05) is 17.8 Å². The zero-order chi connectivity index (χ0) is 20.6. The first kappa shape index (κ1) is 21.5. The molecule has 0 aromatic heterocycles. The van der Waals surface area contributed by atoms with Crippen LogP contribution in [0.15, 0.2) is 36.2 Å². The van der Waals surface area contributed by atoms with Gasteiger partial charge in [0.2, 0.25) is 0 Å². The van der Waals surface area contributed by atoms with Gasteiger partial charge in [0.25, 0.3) is 0 Å². The first-order valence-electron chi connectivity index (χ1n) is 9.19. The molecule has 0 radical (unpaired) electrons. The van der Waals surface area contributed by atoms with Crippen LogP contribution >= 0.6 is 0 Å². The van der Waals surface area contributed by atoms with Gasteiger partial charge in [0.1, 0.15) is 35.8 Å². The lowest BCUT2D eigenvalue weighted by Gasteiger charge is -2.42. The minimum atomic E-state index is -0.864. The molecule has 7 nitrogen and oxygen atoms in total. The molecular formula is C21H26N2O5. The number of hydrogen-bond donors (Lipinski definition) is 2. The SMILES string of the molecule is CCCO/C(=C/N[C@@H]1c2cc(C#N)ccc2OC(C)(C)[C@H]1O)COCC=C=O. The van der Waals surface area contributed by atoms with E-state index in [0.29, 0.717) is 29.2 Å². The second-order valence-electron chi connectivity index (χ2n) is 6.96. The molecule has 2 atom stereocenters. The van der Waals surface area contributed by atoms with Gasteiger partial charge >= 0.3 is 0 Å². The van der Waals surface area contributed by atoms with Crippen molar-refractivity contribution in [3.8, 4) is 11.8 Å². The van der Waals surface area contributed by atoms with E-state index in [1.54, 1.807) is 44.2 Å². The Morgan fingerprint density at radius 2 is 2.25 bits per heavy atom. The van der Waals surface area contributed by atoms with Gasteiger partial charge in [0.15, 0.2) is 0 Å². The number of carbonyl (C=O) groups excluding carboxylic acids is 1. The third-order valence-corrected chi connectivity index (χ3v) is 4.32. The summed E-state index contributed by atoms with van der Waals surface area (Å²) in [6.07, 6.45) is 2.86. The van der Waals surface area contributed by atoms with Crippen molar-refractivity contribution in [3.63, 3.8) is 0 Å². The van der Waals surface area contributed by atoms with E-state index in [9.17, 15) is 15.2 Å². The molecule has 1 aliphatic heterocycles. The Labute approximate surface area is 165 Å². The minimum absolute atomic E-state index is 0.137. The molecule has 0 unspecified atom stereocenters. The fraction of sp³-hybridized carbons (Fsp3) is 0.476. The van der Waals surface area contributed by atoms with E-state index >= 15 is 0 Å². The Morgan fingerprint density at radius 1 is 1.46 bits per heavy atom. The predicted molar refractivity (Wildman–Crippen MR) is 103 cm³/mol. The van der Waals surface area contributed by atoms with E-state index in [-0.39, 0.29) is 13.2 Å². The molecular weight excluding hydrogens is 360 g/mol. The third kappa shape index (κ3) is 5.37. The number of aliphatic hydroxyl groups is 1. The summed E-state index contributed by atoms with van der Waals surface area (Å²) >= 11 is 0. The molecule has 1 aliphatic rings. The molecule has 28 heavy (non-hydrogen) atoms. The van der Waals surface area contributed by atoms with Gasteiger partial charge in [0.05, 0.1) is 30.9 Å². The average molecular weight is 386 g/mol. The quantitative estimate of drug-likeness (QED) is 0.382. The van der Waals surface area contributed by atoms with E-state index in [1.807, 2.05) is 6.92 Å². The molecule has 0 aliphatic carbocycles. The number of fused-ring (bicyclic) bond motifs is 1. The van der Waals surface area contributed by atoms with Gasteiger partial charge in [-0.1, -0.05) is 6.92 Å². The van der Waals surface area contributed by atoms with Crippen molar-refractivity contribution in [2.75, 3.05) is 19.8 Å². The van der Waals surface area contributed by atoms with E-state index in [4.69, 9.17) is 14.2 Å². The van der Waals surface area contributed by atoms with Crippen LogP contribution in [0.25, 0.3) is 0 Å². The van der Waals surface area contributed by atoms with Gasteiger partial charge < -0.3 is 24.6 Å². The van der Waals surface area contributed by atoms with Gasteiger partial charge in [-0.3, -0.25) is 0 Å². The van der Waals surface area contributed by atoms with Crippen molar-refractivity contribution in [2.24, 2.45) is 0 Å². The van der Waals surface area contributed by atoms with E-state index in [1.165, 1.54) is 6.08 Å². The summed E-state index contributed by atoms with van der Waals surface area (Å²) in [5.74, 6) is 2.81. The maximum atomic E-state index is 10.8. The number of nitrogens with one attached hydrogen (secondary N) is 1. The molecule has 1 aromatic rings. The summed E-state index contributed by atoms with van der Waals surface area (Å²) in [6, 6.07) is 6.74. The highest BCUT2D eigenvalue weighted by atomic mass is 16.5. The number of nitriles is 1.